The molecule has 1 heterocycles. The number of benzene rings is 1. The first-order valence-electron chi connectivity index (χ1n) is 7.20. The summed E-state index contributed by atoms with van der Waals surface area (Å²) >= 11 is 0. The van der Waals surface area contributed by atoms with Gasteiger partial charge in [0.1, 0.15) is 0 Å². The first kappa shape index (κ1) is 19.1. The number of ether oxygens (including phenoxy) is 1. The number of carbonyl (C=O) groups is 2. The van der Waals surface area contributed by atoms with Gasteiger partial charge in [-0.3, -0.25) is 4.79 Å². The van der Waals surface area contributed by atoms with Gasteiger partial charge in [-0.25, -0.2) is 4.79 Å². The Morgan fingerprint density at radius 3 is 2.36 bits per heavy atom. The third kappa shape index (κ3) is 4.23. The second kappa shape index (κ2) is 6.57. The molecule has 0 saturated heterocycles. The average molecular weight is 369 g/mol. The average Bonchev–Trinajstić information content (AvgIpc) is 2.81. The fourth-order valence-corrected chi connectivity index (χ4v) is 2.69. The van der Waals surface area contributed by atoms with Crippen molar-refractivity contribution in [2.45, 2.75) is 31.6 Å². The van der Waals surface area contributed by atoms with Gasteiger partial charge >= 0.3 is 24.2 Å². The van der Waals surface area contributed by atoms with Gasteiger partial charge in [0.25, 0.3) is 0 Å². The van der Waals surface area contributed by atoms with E-state index in [1.165, 1.54) is 6.92 Å². The van der Waals surface area contributed by atoms with Gasteiger partial charge in [-0.05, 0) is 30.7 Å². The Bertz CT molecular complexity index is 683. The number of rotatable bonds is 3. The molecular formula is C15H13F6NO3. The van der Waals surface area contributed by atoms with Gasteiger partial charge in [-0.1, -0.05) is 0 Å². The summed E-state index contributed by atoms with van der Waals surface area (Å²) < 4.78 is 81.0. The number of halogens is 6. The van der Waals surface area contributed by atoms with Crippen molar-refractivity contribution < 1.29 is 40.7 Å². The predicted octanol–water partition coefficient (Wildman–Crippen LogP) is 3.81. The van der Waals surface area contributed by atoms with E-state index in [9.17, 15) is 35.9 Å². The molecule has 0 spiro atoms. The van der Waals surface area contributed by atoms with Crippen molar-refractivity contribution in [3.8, 4) is 0 Å². The van der Waals surface area contributed by atoms with Crippen LogP contribution in [0.4, 0.5) is 32.0 Å². The summed E-state index contributed by atoms with van der Waals surface area (Å²) in [5, 5.41) is 0. The maximum Gasteiger partial charge on any atom is 0.471 e. The molecule has 25 heavy (non-hydrogen) atoms. The number of anilines is 1. The van der Waals surface area contributed by atoms with E-state index < -0.39 is 43.1 Å². The Hall–Kier alpha value is -2.26. The molecule has 0 fully saturated rings. The molecule has 10 heteroatoms. The van der Waals surface area contributed by atoms with E-state index in [-0.39, 0.29) is 28.3 Å². The lowest BCUT2D eigenvalue weighted by atomic mass is 9.96. The second-order valence-electron chi connectivity index (χ2n) is 5.42. The van der Waals surface area contributed by atoms with E-state index in [2.05, 4.69) is 0 Å². The fraction of sp³-hybridized carbons (Fsp3) is 0.467. The predicted molar refractivity (Wildman–Crippen MR) is 74.2 cm³/mol. The number of alkyl halides is 6. The van der Waals surface area contributed by atoms with Crippen LogP contribution in [0.25, 0.3) is 0 Å². The lowest BCUT2D eigenvalue weighted by molar-refractivity contribution is -0.170. The van der Waals surface area contributed by atoms with E-state index in [0.717, 1.165) is 18.2 Å². The standard InChI is InChI=1S/C15H13F6NO3/c1-2-25-12(23)8-3-4-11-10(5-8)9(6-14(16,17)18)7-22(11)13(24)15(19,20)21/h3-5,9H,2,6-7H2,1H3/t9-/m0/s1. The Morgan fingerprint density at radius 1 is 1.20 bits per heavy atom. The number of fused-ring (bicyclic) bond motifs is 1. The topological polar surface area (TPSA) is 46.6 Å². The van der Waals surface area contributed by atoms with Crippen molar-refractivity contribution in [3.05, 3.63) is 29.3 Å². The maximum atomic E-state index is 12.7. The number of carbonyl (C=O) groups excluding carboxylic acids is 2. The van der Waals surface area contributed by atoms with Gasteiger partial charge < -0.3 is 9.64 Å². The Morgan fingerprint density at radius 2 is 1.84 bits per heavy atom. The highest BCUT2D eigenvalue weighted by Gasteiger charge is 2.48. The summed E-state index contributed by atoms with van der Waals surface area (Å²) in [6.07, 6.45) is -11.3. The Kier molecular flexibility index (Phi) is 5.01. The van der Waals surface area contributed by atoms with Gasteiger partial charge in [0.15, 0.2) is 0 Å². The molecule has 1 aromatic carbocycles. The van der Waals surface area contributed by atoms with Crippen LogP contribution in [0.15, 0.2) is 18.2 Å². The quantitative estimate of drug-likeness (QED) is 0.601. The molecule has 4 nitrogen and oxygen atoms in total. The molecule has 1 amide bonds. The normalized spacial score (nSPS) is 17.4. The molecule has 0 saturated carbocycles. The highest BCUT2D eigenvalue weighted by molar-refractivity contribution is 6.00. The number of amides is 1. The molecule has 1 aliphatic rings. The molecule has 1 atom stereocenters. The van der Waals surface area contributed by atoms with Crippen LogP contribution in [0, 0.1) is 0 Å². The molecule has 0 radical (unpaired) electrons. The summed E-state index contributed by atoms with van der Waals surface area (Å²) in [5.41, 5.74) is -0.515. The number of hydrogen-bond donors (Lipinski definition) is 0. The van der Waals surface area contributed by atoms with E-state index in [1.54, 1.807) is 0 Å². The molecule has 0 N–H and O–H groups in total. The number of hydrogen-bond acceptors (Lipinski definition) is 3. The van der Waals surface area contributed by atoms with Gasteiger partial charge in [-0.2, -0.15) is 26.3 Å². The van der Waals surface area contributed by atoms with Crippen LogP contribution >= 0.6 is 0 Å². The summed E-state index contributed by atoms with van der Waals surface area (Å²) in [7, 11) is 0. The minimum Gasteiger partial charge on any atom is -0.462 e. The summed E-state index contributed by atoms with van der Waals surface area (Å²) in [5.74, 6) is -4.45. The molecule has 0 unspecified atom stereocenters. The van der Waals surface area contributed by atoms with Crippen LogP contribution in [-0.4, -0.2) is 37.4 Å². The smallest absolute Gasteiger partial charge is 0.462 e. The van der Waals surface area contributed by atoms with Crippen molar-refractivity contribution in [1.29, 1.82) is 0 Å². The second-order valence-corrected chi connectivity index (χ2v) is 5.42. The minimum absolute atomic E-state index is 0.0284. The first-order valence-corrected chi connectivity index (χ1v) is 7.20. The lowest BCUT2D eigenvalue weighted by Gasteiger charge is -2.19. The van der Waals surface area contributed by atoms with E-state index in [0.29, 0.717) is 0 Å². The maximum absolute atomic E-state index is 12.7. The number of esters is 1. The molecular weight excluding hydrogens is 356 g/mol. The van der Waals surface area contributed by atoms with Crippen LogP contribution in [0.3, 0.4) is 0 Å². The lowest BCUT2D eigenvalue weighted by Crippen LogP contribution is -2.40. The van der Waals surface area contributed by atoms with E-state index in [1.807, 2.05) is 0 Å². The molecule has 1 aliphatic heterocycles. The Balaban J connectivity index is 2.44. The van der Waals surface area contributed by atoms with Crippen molar-refractivity contribution in [2.24, 2.45) is 0 Å². The zero-order chi connectivity index (χ0) is 19.0. The third-order valence-electron chi connectivity index (χ3n) is 3.64. The summed E-state index contributed by atoms with van der Waals surface area (Å²) in [6.45, 7) is 0.793. The monoisotopic (exact) mass is 369 g/mol. The highest BCUT2D eigenvalue weighted by atomic mass is 19.4. The Labute approximate surface area is 138 Å². The van der Waals surface area contributed by atoms with Crippen LogP contribution in [0.5, 0.6) is 0 Å². The molecule has 2 rings (SSSR count). The molecule has 0 aromatic heterocycles. The highest BCUT2D eigenvalue weighted by Crippen LogP contribution is 2.43. The minimum atomic E-state index is -5.22. The summed E-state index contributed by atoms with van der Waals surface area (Å²) in [6, 6.07) is 3.19. The van der Waals surface area contributed by atoms with Crippen LogP contribution in [-0.2, 0) is 9.53 Å². The SMILES string of the molecule is CCOC(=O)c1ccc2c(c1)[C@@H](CC(F)(F)F)CN2C(=O)C(F)(F)F. The first-order chi connectivity index (χ1) is 11.4. The molecule has 138 valence electrons. The van der Waals surface area contributed by atoms with Gasteiger partial charge in [0.2, 0.25) is 0 Å². The van der Waals surface area contributed by atoms with Crippen LogP contribution < -0.4 is 4.90 Å². The van der Waals surface area contributed by atoms with E-state index in [4.69, 9.17) is 4.74 Å². The van der Waals surface area contributed by atoms with Crippen molar-refractivity contribution in [3.63, 3.8) is 0 Å². The van der Waals surface area contributed by atoms with E-state index >= 15 is 0 Å². The number of nitrogens with zero attached hydrogens (tertiary/aromatic N) is 1. The van der Waals surface area contributed by atoms with Crippen molar-refractivity contribution >= 4 is 17.6 Å². The molecule has 0 bridgehead atoms. The largest absolute Gasteiger partial charge is 0.471 e. The van der Waals surface area contributed by atoms with Crippen molar-refractivity contribution in [2.75, 3.05) is 18.1 Å². The van der Waals surface area contributed by atoms with Crippen LogP contribution in [0.1, 0.15) is 35.2 Å². The zero-order valence-electron chi connectivity index (χ0n) is 12.9. The fourth-order valence-electron chi connectivity index (χ4n) is 2.69. The van der Waals surface area contributed by atoms with Gasteiger partial charge in [0, 0.05) is 18.2 Å². The zero-order valence-corrected chi connectivity index (χ0v) is 12.9. The van der Waals surface area contributed by atoms with Gasteiger partial charge in [0.05, 0.1) is 18.6 Å². The van der Waals surface area contributed by atoms with Crippen molar-refractivity contribution in [1.82, 2.24) is 0 Å². The third-order valence-corrected chi connectivity index (χ3v) is 3.64. The molecule has 0 aliphatic carbocycles. The van der Waals surface area contributed by atoms with Crippen LogP contribution in [0.2, 0.25) is 0 Å². The summed E-state index contributed by atoms with van der Waals surface area (Å²) in [4.78, 5) is 23.5. The van der Waals surface area contributed by atoms with Gasteiger partial charge in [-0.15, -0.1) is 0 Å². The molecule has 1 aromatic rings.